The van der Waals surface area contributed by atoms with Gasteiger partial charge in [0.05, 0.1) is 6.61 Å². The summed E-state index contributed by atoms with van der Waals surface area (Å²) >= 11 is 1.07. The van der Waals surface area contributed by atoms with E-state index in [-0.39, 0.29) is 12.8 Å². The molecule has 2 aromatic rings. The quantitative estimate of drug-likeness (QED) is 0.454. The molecule has 0 aliphatic heterocycles. The number of ether oxygens (including phenoxy) is 2. The maximum absolute atomic E-state index is 11.8. The number of benzene rings is 2. The van der Waals surface area contributed by atoms with Gasteiger partial charge in [0.2, 0.25) is 0 Å². The third-order valence-corrected chi connectivity index (χ3v) is 3.48. The Balaban J connectivity index is 1.80. The van der Waals surface area contributed by atoms with Crippen LogP contribution in [-0.4, -0.2) is 19.4 Å². The molecule has 0 aromatic heterocycles. The molecule has 124 valence electrons. The van der Waals surface area contributed by atoms with Crippen LogP contribution in [-0.2, 0) is 0 Å². The number of nitrogens with one attached hydrogen (secondary N) is 2. The van der Waals surface area contributed by atoms with Gasteiger partial charge >= 0.3 is 6.03 Å². The van der Waals surface area contributed by atoms with Crippen LogP contribution in [0.3, 0.4) is 0 Å². The van der Waals surface area contributed by atoms with Crippen LogP contribution in [0.4, 0.5) is 10.5 Å². The number of nitrogens with zero attached hydrogens (tertiary/aromatic N) is 1. The molecule has 0 bridgehead atoms. The molecule has 2 rings (SSSR count). The number of urea groups is 1. The first-order valence-electron chi connectivity index (χ1n) is 7.28. The molecular formula is C17H17N3O3S. The van der Waals surface area contributed by atoms with Crippen LogP contribution < -0.4 is 20.1 Å². The van der Waals surface area contributed by atoms with E-state index in [4.69, 9.17) is 14.7 Å². The van der Waals surface area contributed by atoms with Crippen LogP contribution >= 0.6 is 11.8 Å². The maximum Gasteiger partial charge on any atom is 0.321 e. The third-order valence-electron chi connectivity index (χ3n) is 2.89. The Labute approximate surface area is 144 Å². The number of carbonyl (C=O) groups is 1. The van der Waals surface area contributed by atoms with Crippen molar-refractivity contribution >= 4 is 23.5 Å². The minimum Gasteiger partial charge on any atom is -0.490 e. The molecule has 2 amide bonds. The number of carbonyl (C=O) groups excluding carboxylic acids is 1. The number of thioether (sulfide) groups is 1. The van der Waals surface area contributed by atoms with Crippen molar-refractivity contribution in [3.05, 3.63) is 48.5 Å². The van der Waals surface area contributed by atoms with E-state index in [2.05, 4.69) is 10.6 Å². The second kappa shape index (κ2) is 9.33. The van der Waals surface area contributed by atoms with Crippen molar-refractivity contribution in [3.63, 3.8) is 0 Å². The summed E-state index contributed by atoms with van der Waals surface area (Å²) in [5, 5.41) is 15.9. The van der Waals surface area contributed by atoms with Crippen molar-refractivity contribution in [2.75, 3.05) is 18.7 Å². The first-order chi connectivity index (χ1) is 11.7. The number of thiocyanates is 1. The zero-order valence-corrected chi connectivity index (χ0v) is 13.9. The Kier molecular flexibility index (Phi) is 6.80. The number of rotatable bonds is 7. The van der Waals surface area contributed by atoms with Gasteiger partial charge in [0, 0.05) is 10.6 Å². The number of nitriles is 1. The highest BCUT2D eigenvalue weighted by Crippen LogP contribution is 2.26. The van der Waals surface area contributed by atoms with Gasteiger partial charge in [0.25, 0.3) is 0 Å². The number of amides is 2. The highest BCUT2D eigenvalue weighted by atomic mass is 32.2. The summed E-state index contributed by atoms with van der Waals surface area (Å²) < 4.78 is 11.0. The predicted octanol–water partition coefficient (Wildman–Crippen LogP) is 3.82. The summed E-state index contributed by atoms with van der Waals surface area (Å²) in [6.45, 7) is 2.44. The zero-order valence-electron chi connectivity index (χ0n) is 13.1. The summed E-state index contributed by atoms with van der Waals surface area (Å²) in [6, 6.07) is 13.9. The normalized spacial score (nSPS) is 9.67. The topological polar surface area (TPSA) is 83.4 Å². The van der Waals surface area contributed by atoms with E-state index in [1.165, 1.54) is 0 Å². The van der Waals surface area contributed by atoms with Crippen molar-refractivity contribution in [2.24, 2.45) is 0 Å². The maximum atomic E-state index is 11.8. The van der Waals surface area contributed by atoms with E-state index in [1.54, 1.807) is 36.4 Å². The fourth-order valence-electron chi connectivity index (χ4n) is 1.86. The van der Waals surface area contributed by atoms with Crippen LogP contribution in [0.2, 0.25) is 0 Å². The highest BCUT2D eigenvalue weighted by molar-refractivity contribution is 8.03. The van der Waals surface area contributed by atoms with Gasteiger partial charge in [-0.05, 0) is 55.1 Å². The van der Waals surface area contributed by atoms with Crippen LogP contribution in [0.5, 0.6) is 11.5 Å². The summed E-state index contributed by atoms with van der Waals surface area (Å²) in [6.07, 6.45) is 0. The first kappa shape index (κ1) is 17.5. The fourth-order valence-corrected chi connectivity index (χ4v) is 2.24. The molecule has 0 aliphatic carbocycles. The van der Waals surface area contributed by atoms with Gasteiger partial charge in [-0.3, -0.25) is 0 Å². The van der Waals surface area contributed by atoms with Crippen molar-refractivity contribution in [1.82, 2.24) is 5.32 Å². The number of para-hydroxylation sites is 2. The lowest BCUT2D eigenvalue weighted by molar-refractivity contribution is 0.229. The second-order valence-electron chi connectivity index (χ2n) is 4.52. The number of hydrogen-bond donors (Lipinski definition) is 2. The lowest BCUT2D eigenvalue weighted by atomic mass is 10.3. The molecule has 0 fully saturated rings. The monoisotopic (exact) mass is 343 g/mol. The highest BCUT2D eigenvalue weighted by Gasteiger charge is 2.05. The van der Waals surface area contributed by atoms with E-state index < -0.39 is 0 Å². The largest absolute Gasteiger partial charge is 0.490 e. The van der Waals surface area contributed by atoms with E-state index >= 15 is 0 Å². The van der Waals surface area contributed by atoms with Gasteiger partial charge in [-0.1, -0.05) is 12.1 Å². The molecule has 0 atom stereocenters. The van der Waals surface area contributed by atoms with Crippen LogP contribution in [0.15, 0.2) is 53.4 Å². The summed E-state index contributed by atoms with van der Waals surface area (Å²) in [5.74, 6) is 1.20. The number of hydrogen-bond acceptors (Lipinski definition) is 5. The Bertz CT molecular complexity index is 714. The lowest BCUT2D eigenvalue weighted by Gasteiger charge is -2.12. The van der Waals surface area contributed by atoms with Gasteiger partial charge < -0.3 is 20.1 Å². The smallest absolute Gasteiger partial charge is 0.321 e. The van der Waals surface area contributed by atoms with Crippen molar-refractivity contribution in [3.8, 4) is 16.9 Å². The fraction of sp³-hybridized carbons (Fsp3) is 0.176. The molecule has 24 heavy (non-hydrogen) atoms. The van der Waals surface area contributed by atoms with E-state index in [9.17, 15) is 4.79 Å². The molecule has 2 N–H and O–H groups in total. The van der Waals surface area contributed by atoms with Crippen LogP contribution in [0.25, 0.3) is 0 Å². The zero-order chi connectivity index (χ0) is 17.2. The molecule has 0 radical (unpaired) electrons. The first-order valence-corrected chi connectivity index (χ1v) is 8.10. The Morgan fingerprint density at radius 1 is 1.12 bits per heavy atom. The summed E-state index contributed by atoms with van der Waals surface area (Å²) in [4.78, 5) is 12.7. The Morgan fingerprint density at radius 3 is 2.42 bits per heavy atom. The standard InChI is InChI=1S/C17H17N3O3S/c1-2-22-15-5-3-4-6-16(15)23-12-19-17(21)20-13-7-9-14(10-8-13)24-11-18/h3-10H,2,12H2,1H3,(H2,19,20,21). The third kappa shape index (κ3) is 5.41. The molecule has 6 nitrogen and oxygen atoms in total. The Hall–Kier alpha value is -2.85. The van der Waals surface area contributed by atoms with Crippen molar-refractivity contribution < 1.29 is 14.3 Å². The van der Waals surface area contributed by atoms with Crippen LogP contribution in [0.1, 0.15) is 6.92 Å². The molecular weight excluding hydrogens is 326 g/mol. The lowest BCUT2D eigenvalue weighted by Crippen LogP contribution is -2.32. The van der Waals surface area contributed by atoms with Gasteiger partial charge in [0.15, 0.2) is 18.2 Å². The van der Waals surface area contributed by atoms with Gasteiger partial charge in [-0.25, -0.2) is 4.79 Å². The summed E-state index contributed by atoms with van der Waals surface area (Å²) in [5.41, 5.74) is 0.629. The molecule has 0 unspecified atom stereocenters. The van der Waals surface area contributed by atoms with Gasteiger partial charge in [-0.15, -0.1) is 0 Å². The SMILES string of the molecule is CCOc1ccccc1OCNC(=O)Nc1ccc(SC#N)cc1. The molecule has 2 aromatic carbocycles. The second-order valence-corrected chi connectivity index (χ2v) is 5.38. The molecule has 0 saturated heterocycles. The average molecular weight is 343 g/mol. The molecule has 0 spiro atoms. The van der Waals surface area contributed by atoms with Crippen molar-refractivity contribution in [1.29, 1.82) is 5.26 Å². The molecule has 0 saturated carbocycles. The molecule has 7 heteroatoms. The minimum absolute atomic E-state index is 0.0122. The molecule has 0 aliphatic rings. The van der Waals surface area contributed by atoms with Crippen molar-refractivity contribution in [2.45, 2.75) is 11.8 Å². The van der Waals surface area contributed by atoms with E-state index in [1.807, 2.05) is 24.5 Å². The molecule has 0 heterocycles. The average Bonchev–Trinajstić information content (AvgIpc) is 2.59. The van der Waals surface area contributed by atoms with E-state index in [0.717, 1.165) is 16.7 Å². The van der Waals surface area contributed by atoms with Gasteiger partial charge in [-0.2, -0.15) is 5.26 Å². The summed E-state index contributed by atoms with van der Waals surface area (Å²) in [7, 11) is 0. The van der Waals surface area contributed by atoms with Gasteiger partial charge in [0.1, 0.15) is 5.40 Å². The van der Waals surface area contributed by atoms with E-state index in [0.29, 0.717) is 23.8 Å². The van der Waals surface area contributed by atoms with Crippen LogP contribution in [0, 0.1) is 10.7 Å². The minimum atomic E-state index is -0.385. The Morgan fingerprint density at radius 2 is 1.79 bits per heavy atom. The predicted molar refractivity (Wildman–Crippen MR) is 93.2 cm³/mol. The number of anilines is 1.